The fraction of sp³-hybridized carbons (Fsp3) is 0.364. The zero-order chi connectivity index (χ0) is 13.7. The molecule has 18 heavy (non-hydrogen) atoms. The van der Waals surface area contributed by atoms with E-state index in [-0.39, 0.29) is 22.5 Å². The number of carbonyl (C=O) groups excluding carboxylic acids is 1. The minimum atomic E-state index is -0.882. The Bertz CT molecular complexity index is 466. The van der Waals surface area contributed by atoms with E-state index in [1.54, 1.807) is 7.05 Å². The first-order valence-corrected chi connectivity index (χ1v) is 5.95. The van der Waals surface area contributed by atoms with Crippen molar-refractivity contribution in [3.8, 4) is 0 Å². The molecule has 0 fully saturated rings. The number of aliphatic carboxylic acids is 1. The number of nitrogens with zero attached hydrogens (tertiary/aromatic N) is 2. The summed E-state index contributed by atoms with van der Waals surface area (Å²) < 4.78 is 0. The van der Waals surface area contributed by atoms with E-state index >= 15 is 0 Å². The summed E-state index contributed by atoms with van der Waals surface area (Å²) in [7, 11) is 1.59. The maximum absolute atomic E-state index is 11.9. The van der Waals surface area contributed by atoms with Gasteiger partial charge in [-0.2, -0.15) is 0 Å². The zero-order valence-corrected chi connectivity index (χ0v) is 11.2. The lowest BCUT2D eigenvalue weighted by Gasteiger charge is -2.16. The van der Waals surface area contributed by atoms with Gasteiger partial charge in [0.25, 0.3) is 5.91 Å². The second-order valence-corrected chi connectivity index (χ2v) is 4.49. The Labute approximate surface area is 114 Å². The molecule has 1 aromatic heterocycles. The molecule has 0 radical (unpaired) electrons. The van der Waals surface area contributed by atoms with Gasteiger partial charge < -0.3 is 10.0 Å². The van der Waals surface area contributed by atoms with Gasteiger partial charge in [-0.05, 0) is 12.5 Å². The van der Waals surface area contributed by atoms with Crippen molar-refractivity contribution in [2.45, 2.75) is 12.8 Å². The smallest absolute Gasteiger partial charge is 0.303 e. The third-order valence-electron chi connectivity index (χ3n) is 2.27. The van der Waals surface area contributed by atoms with Gasteiger partial charge in [0.15, 0.2) is 0 Å². The number of rotatable bonds is 5. The molecular weight excluding hydrogens is 279 g/mol. The molecule has 0 atom stereocenters. The molecule has 1 aromatic rings. The Morgan fingerprint density at radius 2 is 2.11 bits per heavy atom. The number of hydrogen-bond donors (Lipinski definition) is 1. The van der Waals surface area contributed by atoms with Gasteiger partial charge in [-0.15, -0.1) is 0 Å². The monoisotopic (exact) mass is 290 g/mol. The number of aromatic nitrogens is 1. The summed E-state index contributed by atoms with van der Waals surface area (Å²) in [5.74, 6) is -1.15. The molecule has 0 aliphatic carbocycles. The lowest BCUT2D eigenvalue weighted by atomic mass is 10.2. The summed E-state index contributed by atoms with van der Waals surface area (Å²) in [6.07, 6.45) is 1.76. The number of carbonyl (C=O) groups is 2. The molecule has 98 valence electrons. The lowest BCUT2D eigenvalue weighted by molar-refractivity contribution is -0.137. The van der Waals surface area contributed by atoms with Crippen molar-refractivity contribution >= 4 is 35.1 Å². The Morgan fingerprint density at radius 1 is 1.44 bits per heavy atom. The minimum Gasteiger partial charge on any atom is -0.481 e. The SMILES string of the molecule is CN(CCCC(=O)O)C(=O)c1cnc(Cl)c(Cl)c1. The molecule has 1 rings (SSSR count). The number of carboxylic acids is 1. The standard InChI is InChI=1S/C11H12Cl2N2O3/c1-15(4-2-3-9(16)17)11(18)7-5-8(12)10(13)14-6-7/h5-6H,2-4H2,1H3,(H,16,17). The van der Waals surface area contributed by atoms with Crippen LogP contribution >= 0.6 is 23.2 Å². The zero-order valence-electron chi connectivity index (χ0n) is 9.69. The fourth-order valence-corrected chi connectivity index (χ4v) is 1.60. The van der Waals surface area contributed by atoms with Crippen LogP contribution in [0.25, 0.3) is 0 Å². The first-order valence-electron chi connectivity index (χ1n) is 5.20. The van der Waals surface area contributed by atoms with Crippen molar-refractivity contribution in [2.24, 2.45) is 0 Å². The number of pyridine rings is 1. The van der Waals surface area contributed by atoms with E-state index in [2.05, 4.69) is 4.98 Å². The van der Waals surface area contributed by atoms with E-state index in [9.17, 15) is 9.59 Å². The Hall–Kier alpha value is -1.33. The normalized spacial score (nSPS) is 10.2. The summed E-state index contributed by atoms with van der Waals surface area (Å²) in [4.78, 5) is 27.5. The van der Waals surface area contributed by atoms with Crippen molar-refractivity contribution in [3.63, 3.8) is 0 Å². The van der Waals surface area contributed by atoms with Crippen molar-refractivity contribution < 1.29 is 14.7 Å². The summed E-state index contributed by atoms with van der Waals surface area (Å²) in [5, 5.41) is 8.85. The van der Waals surface area contributed by atoms with Crippen LogP contribution < -0.4 is 0 Å². The van der Waals surface area contributed by atoms with Crippen molar-refractivity contribution in [3.05, 3.63) is 28.0 Å². The van der Waals surface area contributed by atoms with Crippen LogP contribution in [0.2, 0.25) is 10.2 Å². The van der Waals surface area contributed by atoms with Crippen LogP contribution in [-0.4, -0.2) is 40.5 Å². The second-order valence-electron chi connectivity index (χ2n) is 3.72. The molecule has 7 heteroatoms. The highest BCUT2D eigenvalue weighted by molar-refractivity contribution is 6.41. The molecule has 1 amide bonds. The number of halogens is 2. The lowest BCUT2D eigenvalue weighted by Crippen LogP contribution is -2.28. The molecule has 0 saturated carbocycles. The van der Waals surface area contributed by atoms with Crippen LogP contribution in [0.4, 0.5) is 0 Å². The number of carboxylic acid groups (broad SMARTS) is 1. The van der Waals surface area contributed by atoms with Crippen molar-refractivity contribution in [1.29, 1.82) is 0 Å². The Balaban J connectivity index is 2.62. The van der Waals surface area contributed by atoms with E-state index in [0.717, 1.165) is 0 Å². The number of hydrogen-bond acceptors (Lipinski definition) is 3. The average Bonchev–Trinajstić information content (AvgIpc) is 2.31. The maximum atomic E-state index is 11.9. The van der Waals surface area contributed by atoms with Crippen LogP contribution in [0.15, 0.2) is 12.3 Å². The Kier molecular flexibility index (Phi) is 5.37. The molecule has 0 saturated heterocycles. The van der Waals surface area contributed by atoms with E-state index in [0.29, 0.717) is 18.5 Å². The summed E-state index contributed by atoms with van der Waals surface area (Å²) in [6, 6.07) is 1.44. The van der Waals surface area contributed by atoms with Crippen molar-refractivity contribution in [1.82, 2.24) is 9.88 Å². The van der Waals surface area contributed by atoms with Gasteiger partial charge in [0.1, 0.15) is 5.15 Å². The van der Waals surface area contributed by atoms with Gasteiger partial charge >= 0.3 is 5.97 Å². The molecule has 0 aromatic carbocycles. The second kappa shape index (κ2) is 6.56. The summed E-state index contributed by atoms with van der Waals surface area (Å²) in [5.41, 5.74) is 0.322. The van der Waals surface area contributed by atoms with E-state index < -0.39 is 5.97 Å². The minimum absolute atomic E-state index is 0.0250. The van der Waals surface area contributed by atoms with Crippen LogP contribution in [0, 0.1) is 0 Å². The van der Waals surface area contributed by atoms with Crippen molar-refractivity contribution in [2.75, 3.05) is 13.6 Å². The predicted molar refractivity (Wildman–Crippen MR) is 68.1 cm³/mol. The van der Waals surface area contributed by atoms with E-state index in [1.165, 1.54) is 17.2 Å². The maximum Gasteiger partial charge on any atom is 0.303 e. The average molecular weight is 291 g/mol. The van der Waals surface area contributed by atoms with Gasteiger partial charge in [-0.1, -0.05) is 23.2 Å². The summed E-state index contributed by atoms with van der Waals surface area (Å²) in [6.45, 7) is 0.353. The van der Waals surface area contributed by atoms with E-state index in [1.807, 2.05) is 0 Å². The highest BCUT2D eigenvalue weighted by atomic mass is 35.5. The molecule has 5 nitrogen and oxygen atoms in total. The molecule has 0 bridgehead atoms. The van der Waals surface area contributed by atoms with Gasteiger partial charge in [0.2, 0.25) is 0 Å². The third kappa shape index (κ3) is 4.16. The molecule has 1 heterocycles. The largest absolute Gasteiger partial charge is 0.481 e. The number of amides is 1. The third-order valence-corrected chi connectivity index (χ3v) is 2.96. The van der Waals surface area contributed by atoms with Gasteiger partial charge in [-0.25, -0.2) is 4.98 Å². The van der Waals surface area contributed by atoms with Gasteiger partial charge in [0.05, 0.1) is 10.6 Å². The molecule has 1 N–H and O–H groups in total. The summed E-state index contributed by atoms with van der Waals surface area (Å²) >= 11 is 11.4. The molecule has 0 aliphatic rings. The van der Waals surface area contributed by atoms with Crippen LogP contribution in [0.5, 0.6) is 0 Å². The quantitative estimate of drug-likeness (QED) is 0.845. The molecule has 0 aliphatic heterocycles. The highest BCUT2D eigenvalue weighted by Crippen LogP contribution is 2.20. The van der Waals surface area contributed by atoms with E-state index in [4.69, 9.17) is 28.3 Å². The van der Waals surface area contributed by atoms with Gasteiger partial charge in [0, 0.05) is 26.2 Å². The first-order chi connectivity index (χ1) is 8.41. The van der Waals surface area contributed by atoms with Crippen LogP contribution in [-0.2, 0) is 4.79 Å². The molecule has 0 spiro atoms. The first kappa shape index (κ1) is 14.7. The fourth-order valence-electron chi connectivity index (χ4n) is 1.33. The highest BCUT2D eigenvalue weighted by Gasteiger charge is 2.13. The van der Waals surface area contributed by atoms with Crippen LogP contribution in [0.3, 0.4) is 0 Å². The molecular formula is C11H12Cl2N2O3. The Morgan fingerprint density at radius 3 is 2.67 bits per heavy atom. The van der Waals surface area contributed by atoms with Gasteiger partial charge in [-0.3, -0.25) is 9.59 Å². The van der Waals surface area contributed by atoms with Crippen LogP contribution in [0.1, 0.15) is 23.2 Å². The predicted octanol–water partition coefficient (Wildman–Crippen LogP) is 2.33. The molecule has 0 unspecified atom stereocenters. The topological polar surface area (TPSA) is 70.5 Å².